The van der Waals surface area contributed by atoms with Gasteiger partial charge in [-0.15, -0.1) is 0 Å². The molecule has 0 radical (unpaired) electrons. The number of carboxylic acid groups (broad SMARTS) is 1. The van der Waals surface area contributed by atoms with Crippen LogP contribution < -0.4 is 5.32 Å². The van der Waals surface area contributed by atoms with Crippen LogP contribution >= 0.6 is 0 Å². The molecule has 3 amide bonds. The Balaban J connectivity index is 2.06. The topological polar surface area (TPSA) is 90.0 Å². The predicted octanol–water partition coefficient (Wildman–Crippen LogP) is 0.646. The number of rotatable bonds is 3. The molecule has 7 heteroatoms. The van der Waals surface area contributed by atoms with Crippen molar-refractivity contribution in [2.45, 2.75) is 50.6 Å². The monoisotopic (exact) mass is 297 g/mol. The minimum Gasteiger partial charge on any atom is -0.481 e. The fraction of sp³-hybridized carbons (Fsp3) is 0.786. The third-order valence-corrected chi connectivity index (χ3v) is 4.37. The molecule has 2 aliphatic rings. The Labute approximate surface area is 124 Å². The Hall–Kier alpha value is -1.79. The van der Waals surface area contributed by atoms with Crippen LogP contribution in [0, 0.1) is 0 Å². The van der Waals surface area contributed by atoms with Gasteiger partial charge >= 0.3 is 12.0 Å². The summed E-state index contributed by atoms with van der Waals surface area (Å²) >= 11 is 0. The second kappa shape index (κ2) is 6.78. The van der Waals surface area contributed by atoms with Gasteiger partial charge in [0.2, 0.25) is 5.91 Å². The van der Waals surface area contributed by atoms with E-state index in [9.17, 15) is 14.4 Å². The molecule has 7 nitrogen and oxygen atoms in total. The molecule has 0 bridgehead atoms. The number of nitrogens with one attached hydrogen (secondary N) is 1. The van der Waals surface area contributed by atoms with E-state index in [0.29, 0.717) is 13.1 Å². The molecule has 1 saturated carbocycles. The Morgan fingerprint density at radius 1 is 1.33 bits per heavy atom. The van der Waals surface area contributed by atoms with Crippen LogP contribution in [0.25, 0.3) is 0 Å². The standard InChI is InChI=1S/C14H23N3O4/c1-16(10-5-3-2-4-6-10)14(21)17-8-7-15-13(20)11(17)9-12(18)19/h10-11H,2-9H2,1H3,(H,15,20)(H,18,19). The summed E-state index contributed by atoms with van der Waals surface area (Å²) in [6.07, 6.45) is 5.03. The van der Waals surface area contributed by atoms with Gasteiger partial charge in [0.05, 0.1) is 6.42 Å². The molecule has 21 heavy (non-hydrogen) atoms. The molecule has 0 aromatic rings. The zero-order chi connectivity index (χ0) is 15.4. The third-order valence-electron chi connectivity index (χ3n) is 4.37. The van der Waals surface area contributed by atoms with Gasteiger partial charge in [-0.3, -0.25) is 9.59 Å². The molecule has 0 spiro atoms. The number of hydrogen-bond acceptors (Lipinski definition) is 3. The molecule has 2 fully saturated rings. The highest BCUT2D eigenvalue weighted by atomic mass is 16.4. The molecule has 1 aliphatic heterocycles. The number of amides is 3. The van der Waals surface area contributed by atoms with Crippen LogP contribution in [0.15, 0.2) is 0 Å². The summed E-state index contributed by atoms with van der Waals surface area (Å²) in [7, 11) is 1.75. The number of nitrogens with zero attached hydrogens (tertiary/aromatic N) is 2. The Kier molecular flexibility index (Phi) is 5.03. The van der Waals surface area contributed by atoms with E-state index in [1.807, 2.05) is 0 Å². The number of carbonyl (C=O) groups is 3. The Morgan fingerprint density at radius 2 is 2.00 bits per heavy atom. The lowest BCUT2D eigenvalue weighted by Gasteiger charge is -2.40. The molecule has 1 heterocycles. The highest BCUT2D eigenvalue weighted by Gasteiger charge is 2.37. The van der Waals surface area contributed by atoms with Gasteiger partial charge in [0, 0.05) is 26.2 Å². The maximum atomic E-state index is 12.6. The normalized spacial score (nSPS) is 23.6. The van der Waals surface area contributed by atoms with Gasteiger partial charge in [-0.25, -0.2) is 4.79 Å². The van der Waals surface area contributed by atoms with E-state index in [-0.39, 0.29) is 24.4 Å². The van der Waals surface area contributed by atoms with Crippen molar-refractivity contribution < 1.29 is 19.5 Å². The summed E-state index contributed by atoms with van der Waals surface area (Å²) < 4.78 is 0. The van der Waals surface area contributed by atoms with Crippen molar-refractivity contribution in [2.75, 3.05) is 20.1 Å². The molecule has 0 aromatic heterocycles. The van der Waals surface area contributed by atoms with Crippen LogP contribution in [0.4, 0.5) is 4.79 Å². The van der Waals surface area contributed by atoms with Crippen molar-refractivity contribution in [3.63, 3.8) is 0 Å². The molecule has 1 unspecified atom stereocenters. The number of carbonyl (C=O) groups excluding carboxylic acids is 2. The summed E-state index contributed by atoms with van der Waals surface area (Å²) in [6, 6.07) is -0.945. The lowest BCUT2D eigenvalue weighted by molar-refractivity contribution is -0.142. The van der Waals surface area contributed by atoms with Gasteiger partial charge in [0.25, 0.3) is 0 Å². The third kappa shape index (κ3) is 3.65. The molecule has 2 rings (SSSR count). The summed E-state index contributed by atoms with van der Waals surface area (Å²) in [4.78, 5) is 38.5. The van der Waals surface area contributed by atoms with Gasteiger partial charge in [0.15, 0.2) is 0 Å². The summed E-state index contributed by atoms with van der Waals surface area (Å²) in [5.41, 5.74) is 0. The van der Waals surface area contributed by atoms with E-state index in [1.165, 1.54) is 11.3 Å². The Bertz CT molecular complexity index is 420. The van der Waals surface area contributed by atoms with E-state index in [0.717, 1.165) is 25.7 Å². The number of hydrogen-bond donors (Lipinski definition) is 2. The first-order chi connectivity index (χ1) is 10.0. The van der Waals surface area contributed by atoms with E-state index in [2.05, 4.69) is 5.32 Å². The average molecular weight is 297 g/mol. The van der Waals surface area contributed by atoms with Gasteiger partial charge in [-0.2, -0.15) is 0 Å². The molecule has 2 N–H and O–H groups in total. The maximum absolute atomic E-state index is 12.6. The highest BCUT2D eigenvalue weighted by molar-refractivity contribution is 5.91. The largest absolute Gasteiger partial charge is 0.481 e. The molecule has 1 aliphatic carbocycles. The smallest absolute Gasteiger partial charge is 0.320 e. The zero-order valence-corrected chi connectivity index (χ0v) is 12.4. The quantitative estimate of drug-likeness (QED) is 0.800. The van der Waals surface area contributed by atoms with Gasteiger partial charge in [-0.05, 0) is 12.8 Å². The van der Waals surface area contributed by atoms with Crippen molar-refractivity contribution in [1.82, 2.24) is 15.1 Å². The van der Waals surface area contributed by atoms with Gasteiger partial charge < -0.3 is 20.2 Å². The van der Waals surface area contributed by atoms with Gasteiger partial charge in [-0.1, -0.05) is 19.3 Å². The minimum atomic E-state index is -1.07. The zero-order valence-electron chi connectivity index (χ0n) is 12.4. The lowest BCUT2D eigenvalue weighted by atomic mass is 9.94. The average Bonchev–Trinajstić information content (AvgIpc) is 2.48. The van der Waals surface area contributed by atoms with Crippen LogP contribution in [-0.4, -0.2) is 65.0 Å². The van der Waals surface area contributed by atoms with Crippen molar-refractivity contribution in [3.05, 3.63) is 0 Å². The summed E-state index contributed by atoms with van der Waals surface area (Å²) in [5.74, 6) is -1.45. The van der Waals surface area contributed by atoms with Gasteiger partial charge in [0.1, 0.15) is 6.04 Å². The first-order valence-corrected chi connectivity index (χ1v) is 7.53. The first-order valence-electron chi connectivity index (χ1n) is 7.53. The van der Waals surface area contributed by atoms with E-state index >= 15 is 0 Å². The highest BCUT2D eigenvalue weighted by Crippen LogP contribution is 2.23. The van der Waals surface area contributed by atoms with Crippen molar-refractivity contribution in [3.8, 4) is 0 Å². The fourth-order valence-corrected chi connectivity index (χ4v) is 3.14. The van der Waals surface area contributed by atoms with Crippen LogP contribution in [0.3, 0.4) is 0 Å². The number of urea groups is 1. The molecular formula is C14H23N3O4. The second-order valence-electron chi connectivity index (χ2n) is 5.78. The van der Waals surface area contributed by atoms with Crippen LogP contribution in [0.2, 0.25) is 0 Å². The molecule has 118 valence electrons. The molecular weight excluding hydrogens is 274 g/mol. The van der Waals surface area contributed by atoms with Crippen molar-refractivity contribution in [2.24, 2.45) is 0 Å². The predicted molar refractivity (Wildman–Crippen MR) is 75.8 cm³/mol. The lowest BCUT2D eigenvalue weighted by Crippen LogP contribution is -2.61. The first kappa shape index (κ1) is 15.6. The minimum absolute atomic E-state index is 0.196. The second-order valence-corrected chi connectivity index (χ2v) is 5.78. The van der Waals surface area contributed by atoms with Crippen molar-refractivity contribution >= 4 is 17.9 Å². The molecule has 0 aromatic carbocycles. The van der Waals surface area contributed by atoms with E-state index in [1.54, 1.807) is 11.9 Å². The Morgan fingerprint density at radius 3 is 2.62 bits per heavy atom. The van der Waals surface area contributed by atoms with E-state index in [4.69, 9.17) is 5.11 Å². The van der Waals surface area contributed by atoms with E-state index < -0.39 is 12.0 Å². The number of carboxylic acids is 1. The maximum Gasteiger partial charge on any atom is 0.320 e. The summed E-state index contributed by atoms with van der Waals surface area (Å²) in [6.45, 7) is 0.735. The van der Waals surface area contributed by atoms with Crippen LogP contribution in [0.5, 0.6) is 0 Å². The van der Waals surface area contributed by atoms with Crippen LogP contribution in [-0.2, 0) is 9.59 Å². The summed E-state index contributed by atoms with van der Waals surface area (Å²) in [5, 5.41) is 11.6. The molecule has 1 atom stereocenters. The fourth-order valence-electron chi connectivity index (χ4n) is 3.14. The van der Waals surface area contributed by atoms with Crippen LogP contribution in [0.1, 0.15) is 38.5 Å². The number of aliphatic carboxylic acids is 1. The molecule has 1 saturated heterocycles. The number of piperazine rings is 1. The SMILES string of the molecule is CN(C(=O)N1CCNC(=O)C1CC(=O)O)C1CCCCC1. The van der Waals surface area contributed by atoms with Crippen molar-refractivity contribution in [1.29, 1.82) is 0 Å².